The van der Waals surface area contributed by atoms with Crippen molar-refractivity contribution in [3.63, 3.8) is 0 Å². The molecule has 35 heavy (non-hydrogen) atoms. The number of amides is 1. The van der Waals surface area contributed by atoms with E-state index in [1.807, 2.05) is 49.7 Å². The molecule has 2 N–H and O–H groups in total. The van der Waals surface area contributed by atoms with E-state index < -0.39 is 0 Å². The largest absolute Gasteiger partial charge is 0.370 e. The smallest absolute Gasteiger partial charge is 0.228 e. The minimum absolute atomic E-state index is 0.0475. The molecule has 4 rings (SSSR count). The van der Waals surface area contributed by atoms with Gasteiger partial charge in [-0.1, -0.05) is 47.4 Å². The Kier molecular flexibility index (Phi) is 9.23. The molecule has 2 saturated carbocycles. The summed E-state index contributed by atoms with van der Waals surface area (Å²) in [5.41, 5.74) is 6.19. The van der Waals surface area contributed by atoms with Crippen molar-refractivity contribution in [2.24, 2.45) is 16.8 Å². The topological polar surface area (TPSA) is 75.6 Å². The van der Waals surface area contributed by atoms with Gasteiger partial charge in [0, 0.05) is 54.9 Å². The van der Waals surface area contributed by atoms with Crippen LogP contribution in [0.1, 0.15) is 48.8 Å². The quantitative estimate of drug-likeness (QED) is 0.137. The molecule has 0 aliphatic heterocycles. The highest BCUT2D eigenvalue weighted by molar-refractivity contribution is 14.1. The fourth-order valence-corrected chi connectivity index (χ4v) is 4.45. The van der Waals surface area contributed by atoms with Gasteiger partial charge in [0.15, 0.2) is 0 Å². The van der Waals surface area contributed by atoms with Crippen molar-refractivity contribution in [2.75, 3.05) is 23.1 Å². The lowest BCUT2D eigenvalue weighted by atomic mass is 9.98. The monoisotopic (exact) mass is 584 g/mol. The molecule has 1 aromatic heterocycles. The summed E-state index contributed by atoms with van der Waals surface area (Å²) in [4.78, 5) is 21.9. The lowest BCUT2D eigenvalue weighted by Gasteiger charge is -2.10. The third kappa shape index (κ3) is 7.32. The van der Waals surface area contributed by atoms with Crippen molar-refractivity contribution in [3.8, 4) is 0 Å². The standard InChI is InChI=1S/C28H33IN4O2/c1-3-21(16-32-19(2)22-6-7-22)24-10-11-30-17-27(24)25-14-26(25)28(34)33-23-8-4-20(5-9-23)15-31-12-13-35-18-29/h3-5,8-11,16-17,22,25-26,31H,2,6-7,12-15,18H2,1H3,(H,33,34)/b21-3+,32-16?. The fraction of sp³-hybridized carbons (Fsp3) is 0.393. The Labute approximate surface area is 221 Å². The van der Waals surface area contributed by atoms with Crippen LogP contribution in [0.3, 0.4) is 0 Å². The highest BCUT2D eigenvalue weighted by Crippen LogP contribution is 2.49. The minimum atomic E-state index is -0.0475. The number of rotatable bonds is 13. The van der Waals surface area contributed by atoms with Crippen LogP contribution in [-0.2, 0) is 16.1 Å². The highest BCUT2D eigenvalue weighted by Gasteiger charge is 2.45. The van der Waals surface area contributed by atoms with E-state index in [2.05, 4.69) is 55.9 Å². The molecule has 1 amide bonds. The lowest BCUT2D eigenvalue weighted by molar-refractivity contribution is -0.117. The van der Waals surface area contributed by atoms with Gasteiger partial charge in [-0.3, -0.25) is 14.8 Å². The van der Waals surface area contributed by atoms with Crippen LogP contribution in [0, 0.1) is 11.8 Å². The summed E-state index contributed by atoms with van der Waals surface area (Å²) < 4.78 is 6.03. The molecule has 0 radical (unpaired) electrons. The number of halogens is 1. The Bertz CT molecular complexity index is 1090. The van der Waals surface area contributed by atoms with Crippen LogP contribution >= 0.6 is 22.6 Å². The Hall–Kier alpha value is -2.36. The molecule has 6 nitrogen and oxygen atoms in total. The number of carbonyl (C=O) groups is 1. The summed E-state index contributed by atoms with van der Waals surface area (Å²) in [5.74, 6) is 0.725. The van der Waals surface area contributed by atoms with Crippen LogP contribution in [0.5, 0.6) is 0 Å². The Morgan fingerprint density at radius 3 is 2.80 bits per heavy atom. The predicted molar refractivity (Wildman–Crippen MR) is 151 cm³/mol. The molecule has 2 aliphatic carbocycles. The molecular formula is C28H33IN4O2. The minimum Gasteiger partial charge on any atom is -0.370 e. The van der Waals surface area contributed by atoms with Gasteiger partial charge in [0.25, 0.3) is 0 Å². The number of carbonyl (C=O) groups excluding carboxylic acids is 1. The summed E-state index contributed by atoms with van der Waals surface area (Å²) in [6.07, 6.45) is 10.9. The molecule has 1 aromatic carbocycles. The Balaban J connectivity index is 1.33. The summed E-state index contributed by atoms with van der Waals surface area (Å²) in [7, 11) is 0. The zero-order valence-corrected chi connectivity index (χ0v) is 22.3. The molecule has 2 atom stereocenters. The number of anilines is 1. The number of benzene rings is 1. The van der Waals surface area contributed by atoms with Gasteiger partial charge in [-0.15, -0.1) is 0 Å². The predicted octanol–water partition coefficient (Wildman–Crippen LogP) is 5.72. The molecule has 2 unspecified atom stereocenters. The van der Waals surface area contributed by atoms with Crippen LogP contribution in [-0.4, -0.2) is 34.9 Å². The van der Waals surface area contributed by atoms with Crippen molar-refractivity contribution in [2.45, 2.75) is 38.6 Å². The second-order valence-electron chi connectivity index (χ2n) is 9.06. The summed E-state index contributed by atoms with van der Waals surface area (Å²) in [5, 5.41) is 6.44. The van der Waals surface area contributed by atoms with E-state index in [0.717, 1.165) is 47.6 Å². The first-order chi connectivity index (χ1) is 17.1. The molecule has 7 heteroatoms. The number of aliphatic imine (C=N–C) groups is 1. The average molecular weight is 585 g/mol. The van der Waals surface area contributed by atoms with Crippen LogP contribution in [0.15, 0.2) is 66.1 Å². The van der Waals surface area contributed by atoms with Crippen molar-refractivity contribution in [1.82, 2.24) is 10.3 Å². The van der Waals surface area contributed by atoms with Crippen LogP contribution in [0.2, 0.25) is 0 Å². The van der Waals surface area contributed by atoms with Crippen molar-refractivity contribution in [1.29, 1.82) is 0 Å². The zero-order chi connectivity index (χ0) is 24.6. The van der Waals surface area contributed by atoms with E-state index in [1.54, 1.807) is 6.20 Å². The molecule has 0 spiro atoms. The number of hydrogen-bond donors (Lipinski definition) is 2. The third-order valence-corrected chi connectivity index (χ3v) is 6.91. The molecule has 1 heterocycles. The van der Waals surface area contributed by atoms with Crippen molar-refractivity contribution < 1.29 is 9.53 Å². The number of aromatic nitrogens is 1. The molecule has 184 valence electrons. The van der Waals surface area contributed by atoms with Gasteiger partial charge in [0.05, 0.1) is 11.2 Å². The number of ether oxygens (including phenoxy) is 1. The summed E-state index contributed by atoms with van der Waals surface area (Å²) in [6, 6.07) is 10.0. The first-order valence-electron chi connectivity index (χ1n) is 12.2. The molecule has 2 aromatic rings. The number of allylic oxidation sites excluding steroid dienone is 3. The highest BCUT2D eigenvalue weighted by atomic mass is 127. The first kappa shape index (κ1) is 25.7. The van der Waals surface area contributed by atoms with Gasteiger partial charge in [-0.2, -0.15) is 0 Å². The SMILES string of the molecule is C=C(N=C/C(=C\C)c1ccncc1C1CC1C(=O)Nc1ccc(CNCCOCI)cc1)C1CC1. The van der Waals surface area contributed by atoms with Crippen LogP contribution < -0.4 is 10.6 Å². The fourth-order valence-electron chi connectivity index (χ4n) is 4.14. The maximum Gasteiger partial charge on any atom is 0.228 e. The van der Waals surface area contributed by atoms with Gasteiger partial charge in [0.2, 0.25) is 5.91 Å². The van der Waals surface area contributed by atoms with E-state index >= 15 is 0 Å². The van der Waals surface area contributed by atoms with Crippen LogP contribution in [0.25, 0.3) is 5.57 Å². The number of hydrogen-bond acceptors (Lipinski definition) is 5. The summed E-state index contributed by atoms with van der Waals surface area (Å²) in [6.45, 7) is 8.40. The number of nitrogens with zero attached hydrogens (tertiary/aromatic N) is 2. The van der Waals surface area contributed by atoms with Crippen molar-refractivity contribution >= 4 is 46.0 Å². The van der Waals surface area contributed by atoms with Crippen LogP contribution in [0.4, 0.5) is 5.69 Å². The normalized spacial score (nSPS) is 19.7. The lowest BCUT2D eigenvalue weighted by Crippen LogP contribution is -2.19. The molecule has 0 bridgehead atoms. The summed E-state index contributed by atoms with van der Waals surface area (Å²) >= 11 is 2.19. The second-order valence-corrected chi connectivity index (χ2v) is 9.68. The van der Waals surface area contributed by atoms with Crippen molar-refractivity contribution in [3.05, 3.63) is 77.8 Å². The second kappa shape index (κ2) is 12.6. The van der Waals surface area contributed by atoms with E-state index in [-0.39, 0.29) is 17.7 Å². The third-order valence-electron chi connectivity index (χ3n) is 6.47. The van der Waals surface area contributed by atoms with E-state index in [1.165, 1.54) is 18.4 Å². The number of alkyl halides is 1. The van der Waals surface area contributed by atoms with E-state index in [0.29, 0.717) is 17.1 Å². The van der Waals surface area contributed by atoms with E-state index in [9.17, 15) is 4.79 Å². The number of pyridine rings is 1. The first-order valence-corrected chi connectivity index (χ1v) is 13.7. The molecule has 2 fully saturated rings. The van der Waals surface area contributed by atoms with E-state index in [4.69, 9.17) is 4.74 Å². The maximum absolute atomic E-state index is 13.0. The average Bonchev–Trinajstić information content (AvgIpc) is 3.79. The number of nitrogens with one attached hydrogen (secondary N) is 2. The van der Waals surface area contributed by atoms with Gasteiger partial charge in [-0.25, -0.2) is 0 Å². The Morgan fingerprint density at radius 1 is 1.29 bits per heavy atom. The van der Waals surface area contributed by atoms with Gasteiger partial charge >= 0.3 is 0 Å². The van der Waals surface area contributed by atoms with Gasteiger partial charge in [-0.05, 0) is 72.6 Å². The Morgan fingerprint density at radius 2 is 2.09 bits per heavy atom. The van der Waals surface area contributed by atoms with Gasteiger partial charge in [0.1, 0.15) is 0 Å². The zero-order valence-electron chi connectivity index (χ0n) is 20.2. The maximum atomic E-state index is 13.0. The van der Waals surface area contributed by atoms with Gasteiger partial charge < -0.3 is 15.4 Å². The molecular weight excluding hydrogens is 551 g/mol. The molecule has 0 saturated heterocycles. The molecule has 2 aliphatic rings.